The molecule has 0 fully saturated rings. The fraction of sp³-hybridized carbons (Fsp3) is 0.0870. The second kappa shape index (κ2) is 8.72. The fourth-order valence-corrected chi connectivity index (χ4v) is 4.20. The van der Waals surface area contributed by atoms with E-state index in [1.165, 1.54) is 30.2 Å². The van der Waals surface area contributed by atoms with E-state index in [4.69, 9.17) is 4.74 Å². The Labute approximate surface area is 187 Å². The van der Waals surface area contributed by atoms with E-state index in [1.54, 1.807) is 18.5 Å². The fourth-order valence-electron chi connectivity index (χ4n) is 3.29. The lowest BCUT2D eigenvalue weighted by Gasteiger charge is -2.12. The molecule has 0 unspecified atom stereocenters. The molecular weight excluding hydrogens is 427 g/mol. The van der Waals surface area contributed by atoms with Crippen LogP contribution in [-0.2, 0) is 0 Å². The lowest BCUT2D eigenvalue weighted by molar-refractivity contribution is 0.340. The molecule has 0 radical (unpaired) electrons. The smallest absolute Gasteiger partial charge is 0.202 e. The number of fused-ring (bicyclic) bond motifs is 1. The van der Waals surface area contributed by atoms with Gasteiger partial charge in [-0.1, -0.05) is 0 Å². The Kier molecular flexibility index (Phi) is 5.47. The quantitative estimate of drug-likeness (QED) is 0.343. The van der Waals surface area contributed by atoms with Crippen molar-refractivity contribution in [2.24, 2.45) is 0 Å². The molecule has 3 heterocycles. The van der Waals surface area contributed by atoms with Gasteiger partial charge < -0.3 is 4.74 Å². The zero-order valence-corrected chi connectivity index (χ0v) is 17.8. The summed E-state index contributed by atoms with van der Waals surface area (Å²) in [7, 11) is 0. The first kappa shape index (κ1) is 20.1. The van der Waals surface area contributed by atoms with Crippen LogP contribution in [0.2, 0.25) is 0 Å². The van der Waals surface area contributed by atoms with Crippen LogP contribution in [-0.4, -0.2) is 36.3 Å². The van der Waals surface area contributed by atoms with Gasteiger partial charge in [-0.25, -0.2) is 14.4 Å². The molecule has 0 spiro atoms. The molecule has 0 aliphatic heterocycles. The highest BCUT2D eigenvalue weighted by atomic mass is 32.2. The predicted octanol–water partition coefficient (Wildman–Crippen LogP) is 4.96. The number of benzene rings is 2. The van der Waals surface area contributed by atoms with Crippen molar-refractivity contribution in [3.63, 3.8) is 0 Å². The van der Waals surface area contributed by atoms with E-state index in [2.05, 4.69) is 25.1 Å². The van der Waals surface area contributed by atoms with Crippen molar-refractivity contribution in [2.45, 2.75) is 17.1 Å². The molecule has 9 heteroatoms. The monoisotopic (exact) mass is 444 g/mol. The largest absolute Gasteiger partial charge is 0.494 e. The Balaban J connectivity index is 1.63. The summed E-state index contributed by atoms with van der Waals surface area (Å²) < 4.78 is 21.4. The van der Waals surface area contributed by atoms with Gasteiger partial charge in [0.05, 0.1) is 17.8 Å². The summed E-state index contributed by atoms with van der Waals surface area (Å²) in [5.41, 5.74) is 2.38. The van der Waals surface area contributed by atoms with E-state index in [-0.39, 0.29) is 5.82 Å². The summed E-state index contributed by atoms with van der Waals surface area (Å²) in [6.07, 6.45) is 4.88. The van der Waals surface area contributed by atoms with Crippen LogP contribution < -0.4 is 4.74 Å². The van der Waals surface area contributed by atoms with Crippen molar-refractivity contribution in [2.75, 3.05) is 6.61 Å². The molecule has 5 rings (SSSR count). The first-order valence-electron chi connectivity index (χ1n) is 9.90. The van der Waals surface area contributed by atoms with Crippen molar-refractivity contribution >= 4 is 22.7 Å². The predicted molar refractivity (Wildman–Crippen MR) is 119 cm³/mol. The number of pyridine rings is 1. The minimum atomic E-state index is -0.348. The van der Waals surface area contributed by atoms with Crippen LogP contribution in [0.1, 0.15) is 6.92 Å². The van der Waals surface area contributed by atoms with E-state index >= 15 is 0 Å². The lowest BCUT2D eigenvalue weighted by atomic mass is 10.2. The molecule has 3 aromatic heterocycles. The van der Waals surface area contributed by atoms with Gasteiger partial charge in [0.2, 0.25) is 5.16 Å². The van der Waals surface area contributed by atoms with E-state index in [0.717, 1.165) is 17.0 Å². The van der Waals surface area contributed by atoms with Crippen LogP contribution in [0, 0.1) is 5.82 Å². The van der Waals surface area contributed by atoms with Crippen molar-refractivity contribution in [1.29, 1.82) is 0 Å². The van der Waals surface area contributed by atoms with Gasteiger partial charge in [0, 0.05) is 23.3 Å². The molecule has 0 N–H and O–H groups in total. The Bertz CT molecular complexity index is 1370. The van der Waals surface area contributed by atoms with Crippen LogP contribution in [0.4, 0.5) is 4.39 Å². The number of halogens is 1. The second-order valence-corrected chi connectivity index (χ2v) is 7.70. The summed E-state index contributed by atoms with van der Waals surface area (Å²) in [6.45, 7) is 2.53. The molecule has 0 amide bonds. The summed E-state index contributed by atoms with van der Waals surface area (Å²) in [6, 6.07) is 15.9. The maximum absolute atomic E-state index is 13.9. The zero-order chi connectivity index (χ0) is 21.9. The van der Waals surface area contributed by atoms with Crippen LogP contribution in [0.15, 0.2) is 83.5 Å². The van der Waals surface area contributed by atoms with Crippen LogP contribution in [0.3, 0.4) is 0 Å². The molecule has 0 saturated carbocycles. The molecule has 0 bridgehead atoms. The molecule has 0 saturated heterocycles. The minimum Gasteiger partial charge on any atom is -0.494 e. The van der Waals surface area contributed by atoms with Crippen molar-refractivity contribution in [3.8, 4) is 22.8 Å². The maximum Gasteiger partial charge on any atom is 0.202 e. The average molecular weight is 444 g/mol. The van der Waals surface area contributed by atoms with Gasteiger partial charge in [-0.2, -0.15) is 0 Å². The van der Waals surface area contributed by atoms with Gasteiger partial charge in [0.15, 0.2) is 5.82 Å². The van der Waals surface area contributed by atoms with E-state index in [9.17, 15) is 4.39 Å². The Hall–Kier alpha value is -3.85. The molecule has 0 aliphatic rings. The third-order valence-corrected chi connectivity index (χ3v) is 5.69. The van der Waals surface area contributed by atoms with E-state index in [1.807, 2.05) is 47.9 Å². The highest BCUT2D eigenvalue weighted by Gasteiger charge is 2.19. The third-order valence-electron chi connectivity index (χ3n) is 4.73. The standard InChI is InChI=1S/C23H17FN6OS/c1-2-31-18-6-4-17(5-7-18)30-21(15-9-11-25-12-10-15)28-29-23(30)32-22-19-13-16(24)3-8-20(19)26-14-27-22/h3-14H,2H2,1H3. The molecular formula is C23H17FN6OS. The lowest BCUT2D eigenvalue weighted by Crippen LogP contribution is -2.01. The van der Waals surface area contributed by atoms with Gasteiger partial charge in [-0.3, -0.25) is 9.55 Å². The Morgan fingerprint density at radius 1 is 0.969 bits per heavy atom. The number of aromatic nitrogens is 6. The second-order valence-electron chi connectivity index (χ2n) is 6.75. The highest BCUT2D eigenvalue weighted by Crippen LogP contribution is 2.34. The number of rotatable bonds is 6. The van der Waals surface area contributed by atoms with Gasteiger partial charge >= 0.3 is 0 Å². The van der Waals surface area contributed by atoms with Crippen molar-refractivity contribution in [1.82, 2.24) is 29.7 Å². The van der Waals surface area contributed by atoms with Crippen LogP contribution in [0.25, 0.3) is 28.0 Å². The maximum atomic E-state index is 13.9. The summed E-state index contributed by atoms with van der Waals surface area (Å²) in [5.74, 6) is 1.09. The first-order valence-corrected chi connectivity index (χ1v) is 10.7. The molecule has 158 valence electrons. The zero-order valence-electron chi connectivity index (χ0n) is 17.0. The minimum absolute atomic E-state index is 0.348. The number of hydrogen-bond donors (Lipinski definition) is 0. The topological polar surface area (TPSA) is 78.6 Å². The summed E-state index contributed by atoms with van der Waals surface area (Å²) >= 11 is 1.30. The molecule has 0 aliphatic carbocycles. The average Bonchev–Trinajstić information content (AvgIpc) is 3.24. The summed E-state index contributed by atoms with van der Waals surface area (Å²) in [4.78, 5) is 12.7. The summed E-state index contributed by atoms with van der Waals surface area (Å²) in [5, 5.41) is 10.6. The normalized spacial score (nSPS) is 11.1. The van der Waals surface area contributed by atoms with Crippen molar-refractivity contribution in [3.05, 3.63) is 79.1 Å². The number of hydrogen-bond acceptors (Lipinski definition) is 7. The van der Waals surface area contributed by atoms with E-state index in [0.29, 0.717) is 33.5 Å². The van der Waals surface area contributed by atoms with Gasteiger partial charge in [0.1, 0.15) is 22.9 Å². The first-order chi connectivity index (χ1) is 15.7. The van der Waals surface area contributed by atoms with E-state index < -0.39 is 0 Å². The SMILES string of the molecule is CCOc1ccc(-n2c(Sc3ncnc4ccc(F)cc34)nnc2-c2ccncc2)cc1. The molecule has 7 nitrogen and oxygen atoms in total. The third kappa shape index (κ3) is 3.90. The molecule has 5 aromatic rings. The number of nitrogens with zero attached hydrogens (tertiary/aromatic N) is 6. The van der Waals surface area contributed by atoms with Gasteiger partial charge in [0.25, 0.3) is 0 Å². The Morgan fingerprint density at radius 2 is 1.78 bits per heavy atom. The van der Waals surface area contributed by atoms with Crippen LogP contribution in [0.5, 0.6) is 5.75 Å². The van der Waals surface area contributed by atoms with Gasteiger partial charge in [-0.15, -0.1) is 10.2 Å². The van der Waals surface area contributed by atoms with Crippen LogP contribution >= 0.6 is 11.8 Å². The molecule has 0 atom stereocenters. The molecule has 2 aromatic carbocycles. The van der Waals surface area contributed by atoms with Crippen molar-refractivity contribution < 1.29 is 9.13 Å². The van der Waals surface area contributed by atoms with Gasteiger partial charge in [-0.05, 0) is 73.3 Å². The Morgan fingerprint density at radius 3 is 2.56 bits per heavy atom. The highest BCUT2D eigenvalue weighted by molar-refractivity contribution is 7.99. The number of ether oxygens (including phenoxy) is 1. The molecule has 32 heavy (non-hydrogen) atoms.